The van der Waals surface area contributed by atoms with Crippen LogP contribution in [0.1, 0.15) is 41.3 Å². The molecule has 0 unspecified atom stereocenters. The predicted octanol–water partition coefficient (Wildman–Crippen LogP) is 3.80. The average Bonchev–Trinajstić information content (AvgIpc) is 2.70. The molecule has 0 bridgehead atoms. The van der Waals surface area contributed by atoms with Crippen molar-refractivity contribution in [1.82, 2.24) is 10.2 Å². The zero-order chi connectivity index (χ0) is 19.9. The summed E-state index contributed by atoms with van der Waals surface area (Å²) < 4.78 is 10.9. The van der Waals surface area contributed by atoms with Crippen molar-refractivity contribution in [3.8, 4) is 11.5 Å². The third-order valence-electron chi connectivity index (χ3n) is 5.14. The molecule has 1 N–H and O–H groups in total. The van der Waals surface area contributed by atoms with Crippen LogP contribution in [-0.2, 0) is 6.54 Å². The smallest absolute Gasteiger partial charge is 0.251 e. The normalized spacial score (nSPS) is 15.2. The molecular weight excluding hydrogens is 352 g/mol. The Morgan fingerprint density at radius 3 is 2.61 bits per heavy atom. The van der Waals surface area contributed by atoms with Gasteiger partial charge in [-0.2, -0.15) is 0 Å². The Balaban J connectivity index is 1.53. The van der Waals surface area contributed by atoms with E-state index >= 15 is 0 Å². The summed E-state index contributed by atoms with van der Waals surface area (Å²) in [6, 6.07) is 14.2. The third kappa shape index (κ3) is 5.26. The van der Waals surface area contributed by atoms with Crippen LogP contribution in [-0.4, -0.2) is 43.7 Å². The fourth-order valence-corrected chi connectivity index (χ4v) is 3.66. The van der Waals surface area contributed by atoms with Crippen molar-refractivity contribution in [1.29, 1.82) is 0 Å². The molecule has 0 saturated carbocycles. The molecule has 5 nitrogen and oxygen atoms in total. The van der Waals surface area contributed by atoms with E-state index in [1.54, 1.807) is 25.3 Å². The Hall–Kier alpha value is -2.53. The first kappa shape index (κ1) is 20.2. The summed E-state index contributed by atoms with van der Waals surface area (Å²) in [4.78, 5) is 15.1. The number of benzene rings is 2. The van der Waals surface area contributed by atoms with Crippen molar-refractivity contribution in [2.45, 2.75) is 39.3 Å². The number of aryl methyl sites for hydroxylation is 1. The van der Waals surface area contributed by atoms with Gasteiger partial charge in [0.05, 0.1) is 13.7 Å². The van der Waals surface area contributed by atoms with Gasteiger partial charge in [0, 0.05) is 31.2 Å². The molecule has 2 aromatic rings. The molecule has 1 saturated heterocycles. The highest BCUT2D eigenvalue weighted by Crippen LogP contribution is 2.28. The van der Waals surface area contributed by atoms with Gasteiger partial charge >= 0.3 is 0 Å². The zero-order valence-corrected chi connectivity index (χ0v) is 17.0. The van der Waals surface area contributed by atoms with E-state index in [2.05, 4.69) is 41.4 Å². The fourth-order valence-electron chi connectivity index (χ4n) is 3.66. The second-order valence-electron chi connectivity index (χ2n) is 7.31. The monoisotopic (exact) mass is 382 g/mol. The average molecular weight is 383 g/mol. The van der Waals surface area contributed by atoms with Crippen LogP contribution < -0.4 is 14.8 Å². The van der Waals surface area contributed by atoms with Gasteiger partial charge in [0.2, 0.25) is 0 Å². The van der Waals surface area contributed by atoms with Crippen molar-refractivity contribution in [2.75, 3.05) is 26.8 Å². The van der Waals surface area contributed by atoms with Crippen molar-refractivity contribution < 1.29 is 14.3 Å². The number of likely N-dealkylation sites (tertiary alicyclic amines) is 1. The molecule has 1 aliphatic heterocycles. The number of nitrogens with one attached hydrogen (secondary N) is 1. The van der Waals surface area contributed by atoms with Crippen LogP contribution in [0.3, 0.4) is 0 Å². The quantitative estimate of drug-likeness (QED) is 0.791. The highest BCUT2D eigenvalue weighted by atomic mass is 16.5. The number of amides is 1. The largest absolute Gasteiger partial charge is 0.493 e. The molecule has 5 heteroatoms. The van der Waals surface area contributed by atoms with Crippen molar-refractivity contribution in [3.63, 3.8) is 0 Å². The maximum absolute atomic E-state index is 12.7. The molecule has 150 valence electrons. The summed E-state index contributed by atoms with van der Waals surface area (Å²) in [6.45, 7) is 7.52. The molecule has 0 atom stereocenters. The number of piperidine rings is 1. The molecule has 1 aliphatic rings. The molecule has 1 fully saturated rings. The van der Waals surface area contributed by atoms with Crippen LogP contribution in [0.25, 0.3) is 0 Å². The molecule has 0 aromatic heterocycles. The standard InChI is InChI=1S/C23H30N2O3/c1-4-28-22-15-19(8-9-21(22)27-3)23(26)24-20-10-12-25(13-11-20)16-18-7-5-6-17(2)14-18/h5-9,14-15,20H,4,10-13,16H2,1-3H3,(H,24,26). The fraction of sp³-hybridized carbons (Fsp3) is 0.435. The summed E-state index contributed by atoms with van der Waals surface area (Å²) in [7, 11) is 1.60. The van der Waals surface area contributed by atoms with E-state index in [0.717, 1.165) is 32.5 Å². The summed E-state index contributed by atoms with van der Waals surface area (Å²) in [5, 5.41) is 3.17. The number of hydrogen-bond donors (Lipinski definition) is 1. The zero-order valence-electron chi connectivity index (χ0n) is 17.0. The first-order chi connectivity index (χ1) is 13.6. The van der Waals surface area contributed by atoms with E-state index < -0.39 is 0 Å². The number of hydrogen-bond acceptors (Lipinski definition) is 4. The number of carbonyl (C=O) groups is 1. The highest BCUT2D eigenvalue weighted by Gasteiger charge is 2.22. The number of carbonyl (C=O) groups excluding carboxylic acids is 1. The van der Waals surface area contributed by atoms with Gasteiger partial charge in [-0.05, 0) is 50.5 Å². The molecule has 1 amide bonds. The van der Waals surface area contributed by atoms with Gasteiger partial charge in [-0.15, -0.1) is 0 Å². The minimum atomic E-state index is -0.0549. The molecule has 0 radical (unpaired) electrons. The van der Waals surface area contributed by atoms with Gasteiger partial charge in [0.1, 0.15) is 0 Å². The third-order valence-corrected chi connectivity index (χ3v) is 5.14. The van der Waals surface area contributed by atoms with E-state index in [0.29, 0.717) is 23.7 Å². The van der Waals surface area contributed by atoms with Crippen molar-refractivity contribution in [3.05, 3.63) is 59.2 Å². The molecule has 0 aliphatic carbocycles. The van der Waals surface area contributed by atoms with Crippen molar-refractivity contribution in [2.24, 2.45) is 0 Å². The van der Waals surface area contributed by atoms with Crippen LogP contribution in [0.2, 0.25) is 0 Å². The summed E-state index contributed by atoms with van der Waals surface area (Å²) >= 11 is 0. The Labute approximate surface area is 167 Å². The lowest BCUT2D eigenvalue weighted by Crippen LogP contribution is -2.44. The molecular formula is C23H30N2O3. The van der Waals surface area contributed by atoms with Crippen LogP contribution in [0.4, 0.5) is 0 Å². The lowest BCUT2D eigenvalue weighted by Gasteiger charge is -2.32. The predicted molar refractivity (Wildman–Crippen MR) is 111 cm³/mol. The maximum atomic E-state index is 12.7. The minimum absolute atomic E-state index is 0.0549. The molecule has 0 spiro atoms. The topological polar surface area (TPSA) is 50.8 Å². The number of ether oxygens (including phenoxy) is 2. The highest BCUT2D eigenvalue weighted by molar-refractivity contribution is 5.95. The summed E-state index contributed by atoms with van der Waals surface area (Å²) in [5.41, 5.74) is 3.25. The van der Waals surface area contributed by atoms with Gasteiger partial charge in [0.25, 0.3) is 5.91 Å². The first-order valence-electron chi connectivity index (χ1n) is 9.98. The van der Waals surface area contributed by atoms with Crippen molar-refractivity contribution >= 4 is 5.91 Å². The lowest BCUT2D eigenvalue weighted by atomic mass is 10.0. The summed E-state index contributed by atoms with van der Waals surface area (Å²) in [6.07, 6.45) is 1.93. The minimum Gasteiger partial charge on any atom is -0.493 e. The van der Waals surface area contributed by atoms with E-state index in [-0.39, 0.29) is 11.9 Å². The number of methoxy groups -OCH3 is 1. The van der Waals surface area contributed by atoms with Gasteiger partial charge in [0.15, 0.2) is 11.5 Å². The Morgan fingerprint density at radius 1 is 1.14 bits per heavy atom. The SMILES string of the molecule is CCOc1cc(C(=O)NC2CCN(Cc3cccc(C)c3)CC2)ccc1OC. The van der Waals surface area contributed by atoms with E-state index in [4.69, 9.17) is 9.47 Å². The summed E-state index contributed by atoms with van der Waals surface area (Å²) in [5.74, 6) is 1.19. The second kappa shape index (κ2) is 9.60. The number of nitrogens with zero attached hydrogens (tertiary/aromatic N) is 1. The molecule has 1 heterocycles. The Morgan fingerprint density at radius 2 is 1.93 bits per heavy atom. The van der Waals surface area contributed by atoms with Gasteiger partial charge in [-0.25, -0.2) is 0 Å². The van der Waals surface area contributed by atoms with E-state index in [1.165, 1.54) is 11.1 Å². The van der Waals surface area contributed by atoms with Gasteiger partial charge < -0.3 is 14.8 Å². The molecule has 28 heavy (non-hydrogen) atoms. The Kier molecular flexibility index (Phi) is 6.93. The maximum Gasteiger partial charge on any atom is 0.251 e. The van der Waals surface area contributed by atoms with E-state index in [9.17, 15) is 4.79 Å². The molecule has 2 aromatic carbocycles. The van der Waals surface area contributed by atoms with Crippen LogP contribution in [0.5, 0.6) is 11.5 Å². The lowest BCUT2D eigenvalue weighted by molar-refractivity contribution is 0.0908. The van der Waals surface area contributed by atoms with E-state index in [1.807, 2.05) is 6.92 Å². The van der Waals surface area contributed by atoms with Crippen LogP contribution in [0, 0.1) is 6.92 Å². The second-order valence-corrected chi connectivity index (χ2v) is 7.31. The van der Waals surface area contributed by atoms with Gasteiger partial charge in [-0.3, -0.25) is 9.69 Å². The van der Waals surface area contributed by atoms with Crippen LogP contribution >= 0.6 is 0 Å². The van der Waals surface area contributed by atoms with Gasteiger partial charge in [-0.1, -0.05) is 29.8 Å². The molecule has 3 rings (SSSR count). The number of rotatable bonds is 7. The van der Waals surface area contributed by atoms with Crippen LogP contribution in [0.15, 0.2) is 42.5 Å². The first-order valence-corrected chi connectivity index (χ1v) is 9.98. The Bertz CT molecular complexity index is 798.